The van der Waals surface area contributed by atoms with E-state index in [4.69, 9.17) is 0 Å². The molecule has 0 bridgehead atoms. The molecule has 0 heterocycles. The summed E-state index contributed by atoms with van der Waals surface area (Å²) in [6.45, 7) is 5.06. The molecule has 0 spiro atoms. The Balaban J connectivity index is 2.29. The maximum Gasteiger partial charge on any atom is 0.255 e. The minimum Gasteiger partial charge on any atom is -0.507 e. The molecule has 94 valence electrons. The maximum atomic E-state index is 11.7. The first-order chi connectivity index (χ1) is 8.11. The third kappa shape index (κ3) is 4.89. The molecule has 17 heavy (non-hydrogen) atoms. The summed E-state index contributed by atoms with van der Waals surface area (Å²) >= 11 is 0. The predicted octanol–water partition coefficient (Wildman–Crippen LogP) is 2.95. The van der Waals surface area contributed by atoms with Crippen LogP contribution < -0.4 is 5.32 Å². The van der Waals surface area contributed by atoms with Crippen LogP contribution in [0.5, 0.6) is 5.75 Å². The summed E-state index contributed by atoms with van der Waals surface area (Å²) in [7, 11) is 0. The summed E-state index contributed by atoms with van der Waals surface area (Å²) < 4.78 is 0. The van der Waals surface area contributed by atoms with E-state index in [9.17, 15) is 9.90 Å². The van der Waals surface area contributed by atoms with Crippen LogP contribution >= 0.6 is 0 Å². The molecule has 0 aliphatic rings. The average Bonchev–Trinajstić information content (AvgIpc) is 2.28. The van der Waals surface area contributed by atoms with Crippen molar-refractivity contribution in [3.8, 4) is 5.75 Å². The Morgan fingerprint density at radius 3 is 2.65 bits per heavy atom. The molecule has 0 aromatic heterocycles. The van der Waals surface area contributed by atoms with Crippen LogP contribution in [0.1, 0.15) is 43.5 Å². The van der Waals surface area contributed by atoms with Crippen LogP contribution in [0, 0.1) is 5.92 Å². The van der Waals surface area contributed by atoms with Crippen LogP contribution in [-0.2, 0) is 0 Å². The molecule has 0 saturated carbocycles. The van der Waals surface area contributed by atoms with Crippen molar-refractivity contribution in [1.82, 2.24) is 5.32 Å². The van der Waals surface area contributed by atoms with Gasteiger partial charge in [-0.05, 0) is 24.5 Å². The molecule has 1 rings (SSSR count). The Morgan fingerprint density at radius 1 is 1.29 bits per heavy atom. The number of hydrogen-bond donors (Lipinski definition) is 2. The molecule has 3 nitrogen and oxygen atoms in total. The summed E-state index contributed by atoms with van der Waals surface area (Å²) in [5, 5.41) is 12.3. The van der Waals surface area contributed by atoms with Crippen LogP contribution in [0.3, 0.4) is 0 Å². The van der Waals surface area contributed by atoms with Gasteiger partial charge in [0.25, 0.3) is 5.91 Å². The van der Waals surface area contributed by atoms with Crippen molar-refractivity contribution in [1.29, 1.82) is 0 Å². The smallest absolute Gasteiger partial charge is 0.255 e. The molecule has 1 aromatic carbocycles. The lowest BCUT2D eigenvalue weighted by atomic mass is 10.1. The molecule has 0 aliphatic heterocycles. The first-order valence-corrected chi connectivity index (χ1v) is 6.17. The SMILES string of the molecule is CC(C)CCCCNC(=O)c1ccccc1O. The van der Waals surface area contributed by atoms with Gasteiger partial charge in [-0.25, -0.2) is 0 Å². The van der Waals surface area contributed by atoms with Gasteiger partial charge < -0.3 is 10.4 Å². The Morgan fingerprint density at radius 2 is 2.00 bits per heavy atom. The third-order valence-electron chi connectivity index (χ3n) is 2.64. The van der Waals surface area contributed by atoms with Gasteiger partial charge in [0.1, 0.15) is 5.75 Å². The lowest BCUT2D eigenvalue weighted by molar-refractivity contribution is 0.0950. The normalized spacial score (nSPS) is 10.5. The molecule has 1 amide bonds. The van der Waals surface area contributed by atoms with Gasteiger partial charge in [0.05, 0.1) is 5.56 Å². The third-order valence-corrected chi connectivity index (χ3v) is 2.64. The van der Waals surface area contributed by atoms with Crippen LogP contribution in [0.4, 0.5) is 0 Å². The van der Waals surface area contributed by atoms with Crippen LogP contribution in [0.15, 0.2) is 24.3 Å². The van der Waals surface area contributed by atoms with Crippen molar-refractivity contribution in [2.24, 2.45) is 5.92 Å². The number of rotatable bonds is 6. The Labute approximate surface area is 103 Å². The summed E-state index contributed by atoms with van der Waals surface area (Å²) in [6, 6.07) is 6.59. The van der Waals surface area contributed by atoms with Gasteiger partial charge in [0.2, 0.25) is 0 Å². The molecule has 1 aromatic rings. The molecule has 0 saturated heterocycles. The van der Waals surface area contributed by atoms with Gasteiger partial charge >= 0.3 is 0 Å². The predicted molar refractivity (Wildman–Crippen MR) is 69.1 cm³/mol. The Kier molecular flexibility index (Phi) is 5.53. The van der Waals surface area contributed by atoms with Gasteiger partial charge in [-0.1, -0.05) is 38.8 Å². The first-order valence-electron chi connectivity index (χ1n) is 6.17. The van der Waals surface area contributed by atoms with E-state index >= 15 is 0 Å². The fourth-order valence-electron chi connectivity index (χ4n) is 1.64. The van der Waals surface area contributed by atoms with E-state index in [1.807, 2.05) is 0 Å². The number of para-hydroxylation sites is 1. The van der Waals surface area contributed by atoms with Crippen LogP contribution in [0.2, 0.25) is 0 Å². The van der Waals surface area contributed by atoms with E-state index in [0.717, 1.165) is 12.8 Å². The fourth-order valence-corrected chi connectivity index (χ4v) is 1.64. The highest BCUT2D eigenvalue weighted by molar-refractivity contribution is 5.96. The first kappa shape index (κ1) is 13.6. The zero-order chi connectivity index (χ0) is 12.7. The molecule has 0 atom stereocenters. The second kappa shape index (κ2) is 6.94. The van der Waals surface area contributed by atoms with Crippen molar-refractivity contribution >= 4 is 5.91 Å². The summed E-state index contributed by atoms with van der Waals surface area (Å²) in [6.07, 6.45) is 3.29. The molecule has 3 heteroatoms. The minimum atomic E-state index is -0.201. The van der Waals surface area contributed by atoms with Gasteiger partial charge in [-0.2, -0.15) is 0 Å². The molecule has 0 aliphatic carbocycles. The van der Waals surface area contributed by atoms with E-state index in [1.54, 1.807) is 18.2 Å². The van der Waals surface area contributed by atoms with Gasteiger partial charge in [0, 0.05) is 6.54 Å². The maximum absolute atomic E-state index is 11.7. The van der Waals surface area contributed by atoms with Crippen LogP contribution in [0.25, 0.3) is 0 Å². The molecular formula is C14H21NO2. The minimum absolute atomic E-state index is 0.0344. The average molecular weight is 235 g/mol. The number of amides is 1. The quantitative estimate of drug-likeness (QED) is 0.745. The lowest BCUT2D eigenvalue weighted by Crippen LogP contribution is -2.24. The highest BCUT2D eigenvalue weighted by Gasteiger charge is 2.08. The molecule has 2 N–H and O–H groups in total. The van der Waals surface area contributed by atoms with Crippen molar-refractivity contribution in [2.45, 2.75) is 33.1 Å². The molecular weight excluding hydrogens is 214 g/mol. The number of phenolic OH excluding ortho intramolecular Hbond substituents is 1. The summed E-state index contributed by atoms with van der Waals surface area (Å²) in [5.74, 6) is 0.545. The number of carbonyl (C=O) groups is 1. The highest BCUT2D eigenvalue weighted by Crippen LogP contribution is 2.15. The molecule has 0 radical (unpaired) electrons. The van der Waals surface area contributed by atoms with E-state index in [0.29, 0.717) is 18.0 Å². The monoisotopic (exact) mass is 235 g/mol. The number of unbranched alkanes of at least 4 members (excludes halogenated alkanes) is 1. The number of nitrogens with one attached hydrogen (secondary N) is 1. The van der Waals surface area contributed by atoms with Crippen molar-refractivity contribution in [2.75, 3.05) is 6.54 Å². The zero-order valence-corrected chi connectivity index (χ0v) is 10.6. The number of benzene rings is 1. The summed E-state index contributed by atoms with van der Waals surface area (Å²) in [4.78, 5) is 11.7. The van der Waals surface area contributed by atoms with Gasteiger partial charge in [-0.15, -0.1) is 0 Å². The second-order valence-corrected chi connectivity index (χ2v) is 4.66. The van der Waals surface area contributed by atoms with Gasteiger partial charge in [0.15, 0.2) is 0 Å². The van der Waals surface area contributed by atoms with Gasteiger partial charge in [-0.3, -0.25) is 4.79 Å². The largest absolute Gasteiger partial charge is 0.507 e. The lowest BCUT2D eigenvalue weighted by Gasteiger charge is -2.07. The molecule has 0 fully saturated rings. The topological polar surface area (TPSA) is 49.3 Å². The Bertz CT molecular complexity index is 361. The number of hydrogen-bond acceptors (Lipinski definition) is 2. The Hall–Kier alpha value is -1.51. The summed E-state index contributed by atoms with van der Waals surface area (Å²) in [5.41, 5.74) is 0.344. The van der Waals surface area contributed by atoms with Crippen molar-refractivity contribution < 1.29 is 9.90 Å². The highest BCUT2D eigenvalue weighted by atomic mass is 16.3. The second-order valence-electron chi connectivity index (χ2n) is 4.66. The fraction of sp³-hybridized carbons (Fsp3) is 0.500. The standard InChI is InChI=1S/C14H21NO2/c1-11(2)7-5-6-10-15-14(17)12-8-3-4-9-13(12)16/h3-4,8-9,11,16H,5-7,10H2,1-2H3,(H,15,17). The number of carbonyl (C=O) groups excluding carboxylic acids is 1. The van der Waals surface area contributed by atoms with E-state index in [2.05, 4.69) is 19.2 Å². The van der Waals surface area contributed by atoms with E-state index in [1.165, 1.54) is 12.5 Å². The zero-order valence-electron chi connectivity index (χ0n) is 10.6. The van der Waals surface area contributed by atoms with Crippen molar-refractivity contribution in [3.05, 3.63) is 29.8 Å². The van der Waals surface area contributed by atoms with E-state index in [-0.39, 0.29) is 11.7 Å². The van der Waals surface area contributed by atoms with E-state index < -0.39 is 0 Å². The number of phenols is 1. The van der Waals surface area contributed by atoms with Crippen molar-refractivity contribution in [3.63, 3.8) is 0 Å². The van der Waals surface area contributed by atoms with Crippen LogP contribution in [-0.4, -0.2) is 17.6 Å². The number of aromatic hydroxyl groups is 1. The molecule has 0 unspecified atom stereocenters.